The van der Waals surface area contributed by atoms with Gasteiger partial charge in [-0.2, -0.15) is 0 Å². The number of hydrogen-bond acceptors (Lipinski definition) is 6. The molecule has 0 saturated heterocycles. The molecule has 0 N–H and O–H groups in total. The molecule has 0 aliphatic carbocycles. The maximum atomic E-state index is 12.9. The van der Waals surface area contributed by atoms with E-state index in [9.17, 15) is 14.4 Å². The van der Waals surface area contributed by atoms with Gasteiger partial charge in [0.1, 0.15) is 13.2 Å². The van der Waals surface area contributed by atoms with Crippen LogP contribution in [0.3, 0.4) is 0 Å². The maximum Gasteiger partial charge on any atom is 0.306 e. The van der Waals surface area contributed by atoms with E-state index < -0.39 is 6.10 Å². The normalized spacial score (nSPS) is 12.4. The van der Waals surface area contributed by atoms with E-state index in [0.29, 0.717) is 19.3 Å². The van der Waals surface area contributed by atoms with Crippen molar-refractivity contribution in [3.05, 3.63) is 60.8 Å². The van der Waals surface area contributed by atoms with Gasteiger partial charge in [0.2, 0.25) is 0 Å². The number of allylic oxidation sites excluding steroid dienone is 10. The molecule has 1 unspecified atom stereocenters. The van der Waals surface area contributed by atoms with Crippen molar-refractivity contribution in [1.82, 2.24) is 0 Å². The van der Waals surface area contributed by atoms with Crippen LogP contribution < -0.4 is 0 Å². The molecule has 424 valence electrons. The number of esters is 3. The summed E-state index contributed by atoms with van der Waals surface area (Å²) in [6.07, 6.45) is 78.2. The van der Waals surface area contributed by atoms with Crippen LogP contribution in [0.5, 0.6) is 0 Å². The van der Waals surface area contributed by atoms with Crippen LogP contribution in [-0.4, -0.2) is 37.2 Å². The second kappa shape index (κ2) is 61.7. The van der Waals surface area contributed by atoms with Crippen LogP contribution in [0.2, 0.25) is 0 Å². The number of hydrogen-bond donors (Lipinski definition) is 0. The minimum absolute atomic E-state index is 0.0868. The number of carbonyl (C=O) groups is 3. The first kappa shape index (κ1) is 70.1. The minimum atomic E-state index is -0.793. The van der Waals surface area contributed by atoms with E-state index >= 15 is 0 Å². The molecule has 0 aliphatic rings. The summed E-state index contributed by atoms with van der Waals surface area (Å²) < 4.78 is 16.9. The largest absolute Gasteiger partial charge is 0.462 e. The van der Waals surface area contributed by atoms with Crippen molar-refractivity contribution >= 4 is 17.9 Å². The number of carbonyl (C=O) groups excluding carboxylic acids is 3. The molecule has 0 aromatic rings. The minimum Gasteiger partial charge on any atom is -0.462 e. The van der Waals surface area contributed by atoms with Gasteiger partial charge in [0.25, 0.3) is 0 Å². The number of unbranched alkanes of at least 4 members (excludes halogenated alkanes) is 37. The van der Waals surface area contributed by atoms with Gasteiger partial charge < -0.3 is 14.2 Å². The summed E-state index contributed by atoms with van der Waals surface area (Å²) in [5, 5.41) is 0. The van der Waals surface area contributed by atoms with Crippen LogP contribution in [0.4, 0.5) is 0 Å². The molecule has 0 amide bonds. The van der Waals surface area contributed by atoms with E-state index in [1.807, 2.05) is 0 Å². The quantitative estimate of drug-likeness (QED) is 0.0261. The lowest BCUT2D eigenvalue weighted by Gasteiger charge is -2.18. The summed E-state index contributed by atoms with van der Waals surface area (Å²) in [5.74, 6) is -0.917. The molecule has 73 heavy (non-hydrogen) atoms. The highest BCUT2D eigenvalue weighted by Gasteiger charge is 2.19. The average molecular weight is 1020 g/mol. The van der Waals surface area contributed by atoms with Gasteiger partial charge in [-0.05, 0) is 83.5 Å². The molecule has 1 atom stereocenters. The number of rotatable bonds is 58. The third-order valence-electron chi connectivity index (χ3n) is 14.0. The smallest absolute Gasteiger partial charge is 0.306 e. The van der Waals surface area contributed by atoms with Crippen molar-refractivity contribution in [1.29, 1.82) is 0 Å². The maximum absolute atomic E-state index is 12.9. The lowest BCUT2D eigenvalue weighted by atomic mass is 10.0. The Morgan fingerprint density at radius 2 is 0.534 bits per heavy atom. The van der Waals surface area contributed by atoms with Gasteiger partial charge in [0, 0.05) is 19.3 Å². The highest BCUT2D eigenvalue weighted by Crippen LogP contribution is 2.17. The molecule has 0 fully saturated rings. The third kappa shape index (κ3) is 59.9. The zero-order valence-electron chi connectivity index (χ0n) is 48.7. The van der Waals surface area contributed by atoms with Gasteiger partial charge in [-0.1, -0.05) is 287 Å². The first-order chi connectivity index (χ1) is 36.0. The first-order valence-corrected chi connectivity index (χ1v) is 31.8. The second-order valence-electron chi connectivity index (χ2n) is 21.3. The molecular weight excluding hydrogens is 901 g/mol. The van der Waals surface area contributed by atoms with E-state index in [1.54, 1.807) is 0 Å². The predicted octanol–water partition coefficient (Wildman–Crippen LogP) is 21.6. The van der Waals surface area contributed by atoms with Crippen molar-refractivity contribution in [2.45, 2.75) is 335 Å². The molecule has 0 bridgehead atoms. The monoisotopic (exact) mass is 1020 g/mol. The van der Waals surface area contributed by atoms with Crippen LogP contribution in [-0.2, 0) is 28.6 Å². The SMILES string of the molecule is CC/C=C\C/C=C\C/C=C\CCCCCC(=O)OCC(COC(=O)CCCCCCCCCCCCCCCCCCCCCCCCCCCCC)OC(=O)CCCCCCC/C=C\C/C=C\CCCCC. The molecule has 0 heterocycles. The molecule has 6 nitrogen and oxygen atoms in total. The summed E-state index contributed by atoms with van der Waals surface area (Å²) in [6.45, 7) is 6.50. The highest BCUT2D eigenvalue weighted by molar-refractivity contribution is 5.71. The van der Waals surface area contributed by atoms with Crippen LogP contribution >= 0.6 is 0 Å². The highest BCUT2D eigenvalue weighted by atomic mass is 16.6. The fourth-order valence-electron chi connectivity index (χ4n) is 9.25. The van der Waals surface area contributed by atoms with Crippen molar-refractivity contribution in [3.8, 4) is 0 Å². The van der Waals surface area contributed by atoms with E-state index in [0.717, 1.165) is 109 Å². The average Bonchev–Trinajstić information content (AvgIpc) is 3.39. The Hall–Kier alpha value is -2.89. The molecule has 0 rings (SSSR count). The van der Waals surface area contributed by atoms with Crippen molar-refractivity contribution < 1.29 is 28.6 Å². The topological polar surface area (TPSA) is 78.9 Å². The molecule has 0 aromatic heterocycles. The lowest BCUT2D eigenvalue weighted by Crippen LogP contribution is -2.30. The first-order valence-electron chi connectivity index (χ1n) is 31.8. The Bertz CT molecular complexity index is 1310. The van der Waals surface area contributed by atoms with Crippen molar-refractivity contribution in [2.75, 3.05) is 13.2 Å². The van der Waals surface area contributed by atoms with Crippen molar-refractivity contribution in [2.24, 2.45) is 0 Å². The Kier molecular flexibility index (Phi) is 59.2. The number of ether oxygens (including phenoxy) is 3. The Balaban J connectivity index is 4.22. The second-order valence-corrected chi connectivity index (χ2v) is 21.3. The molecule has 6 heteroatoms. The third-order valence-corrected chi connectivity index (χ3v) is 14.0. The summed E-state index contributed by atoms with van der Waals surface area (Å²) in [5.41, 5.74) is 0. The van der Waals surface area contributed by atoms with Crippen LogP contribution in [0, 0.1) is 0 Å². The van der Waals surface area contributed by atoms with Gasteiger partial charge in [-0.15, -0.1) is 0 Å². The van der Waals surface area contributed by atoms with Gasteiger partial charge in [0.15, 0.2) is 6.10 Å². The summed E-state index contributed by atoms with van der Waals surface area (Å²) >= 11 is 0. The fraction of sp³-hybridized carbons (Fsp3) is 0.806. The fourth-order valence-corrected chi connectivity index (χ4v) is 9.25. The van der Waals surface area contributed by atoms with E-state index in [4.69, 9.17) is 14.2 Å². The molecule has 0 aromatic carbocycles. The van der Waals surface area contributed by atoms with Crippen molar-refractivity contribution in [3.63, 3.8) is 0 Å². The zero-order chi connectivity index (χ0) is 52.9. The van der Waals surface area contributed by atoms with Crippen LogP contribution in [0.25, 0.3) is 0 Å². The zero-order valence-corrected chi connectivity index (χ0v) is 48.7. The Labute approximate surface area is 453 Å². The molecule has 0 spiro atoms. The van der Waals surface area contributed by atoms with Gasteiger partial charge in [0.05, 0.1) is 0 Å². The van der Waals surface area contributed by atoms with E-state index in [2.05, 4.69) is 81.5 Å². The molecule has 0 radical (unpaired) electrons. The van der Waals surface area contributed by atoms with Gasteiger partial charge >= 0.3 is 17.9 Å². The summed E-state index contributed by atoms with van der Waals surface area (Å²) in [7, 11) is 0. The Morgan fingerprint density at radius 3 is 0.877 bits per heavy atom. The Morgan fingerprint density at radius 1 is 0.288 bits per heavy atom. The lowest BCUT2D eigenvalue weighted by molar-refractivity contribution is -0.167. The molecular formula is C67H120O6. The predicted molar refractivity (Wildman–Crippen MR) is 316 cm³/mol. The van der Waals surface area contributed by atoms with Crippen LogP contribution in [0.1, 0.15) is 329 Å². The van der Waals surface area contributed by atoms with Gasteiger partial charge in [-0.3, -0.25) is 14.4 Å². The van der Waals surface area contributed by atoms with E-state index in [-0.39, 0.29) is 31.1 Å². The van der Waals surface area contributed by atoms with Crippen LogP contribution in [0.15, 0.2) is 60.8 Å². The summed E-state index contributed by atoms with van der Waals surface area (Å²) in [4.78, 5) is 38.2. The van der Waals surface area contributed by atoms with Gasteiger partial charge in [-0.25, -0.2) is 0 Å². The van der Waals surface area contributed by atoms with E-state index in [1.165, 1.54) is 180 Å². The standard InChI is InChI=1S/C67H120O6/c1-4-7-10-13-16-19-22-25-27-28-29-30-31-32-33-34-35-36-37-38-40-42-45-48-51-54-57-60-66(69)72-63-64(62-71-65(68)59-56-53-50-47-44-41-24-21-18-15-12-9-6-3)73-67(70)61-58-55-52-49-46-43-39-26-23-20-17-14-11-8-5-2/h9,12,17-18,20-21,26,39,41,44,64H,4-8,10-11,13-16,19,22-25,27-38,40,42-43,45-63H2,1-3H3/b12-9-,20-17-,21-18-,39-26-,44-41-. The summed E-state index contributed by atoms with van der Waals surface area (Å²) in [6, 6.07) is 0. The molecule has 0 saturated carbocycles. The molecule has 0 aliphatic heterocycles.